The molecule has 0 spiro atoms. The van der Waals surface area contributed by atoms with Crippen LogP contribution in [0.15, 0.2) is 11.1 Å². The molecular weight excluding hydrogens is 304 g/mol. The van der Waals surface area contributed by atoms with Gasteiger partial charge in [-0.15, -0.1) is 0 Å². The van der Waals surface area contributed by atoms with E-state index in [1.807, 2.05) is 13.8 Å². The van der Waals surface area contributed by atoms with Gasteiger partial charge in [0.1, 0.15) is 5.78 Å². The second-order valence-electron chi connectivity index (χ2n) is 9.08. The Kier molecular flexibility index (Phi) is 3.44. The molecule has 0 aromatic rings. The Morgan fingerprint density at radius 1 is 1.08 bits per heavy atom. The molecule has 0 saturated heterocycles. The molecule has 24 heavy (non-hydrogen) atoms. The number of ketones is 2. The molecule has 0 heterocycles. The number of hydrogen-bond acceptors (Lipinski definition) is 4. The van der Waals surface area contributed by atoms with Crippen LogP contribution in [0, 0.1) is 28.6 Å². The first-order valence-corrected chi connectivity index (χ1v) is 9.34. The van der Waals surface area contributed by atoms with Gasteiger partial charge in [-0.3, -0.25) is 9.59 Å². The molecule has 0 aromatic carbocycles. The summed E-state index contributed by atoms with van der Waals surface area (Å²) < 4.78 is 0. The van der Waals surface area contributed by atoms with Gasteiger partial charge in [-0.2, -0.15) is 0 Å². The van der Waals surface area contributed by atoms with Crippen molar-refractivity contribution in [1.82, 2.24) is 0 Å². The summed E-state index contributed by atoms with van der Waals surface area (Å²) >= 11 is 0. The van der Waals surface area contributed by atoms with E-state index in [4.69, 9.17) is 0 Å². The number of carbonyl (C=O) groups excluding carboxylic acids is 2. The minimum absolute atomic E-state index is 0.0444. The maximum absolute atomic E-state index is 12.5. The van der Waals surface area contributed by atoms with Crippen molar-refractivity contribution in [2.24, 2.45) is 28.6 Å². The van der Waals surface area contributed by atoms with Crippen LogP contribution < -0.4 is 0 Å². The molecule has 132 valence electrons. The van der Waals surface area contributed by atoms with Gasteiger partial charge in [-0.05, 0) is 66.9 Å². The summed E-state index contributed by atoms with van der Waals surface area (Å²) in [5.74, 6) is 0.870. The molecule has 0 amide bonds. The number of fused-ring (bicyclic) bond motifs is 5. The summed E-state index contributed by atoms with van der Waals surface area (Å²) in [6.45, 7) is 5.97. The molecule has 4 heteroatoms. The van der Waals surface area contributed by atoms with Crippen molar-refractivity contribution in [2.75, 3.05) is 0 Å². The van der Waals surface area contributed by atoms with E-state index in [1.165, 1.54) is 0 Å². The van der Waals surface area contributed by atoms with Crippen molar-refractivity contribution in [3.05, 3.63) is 11.1 Å². The number of rotatable bonds is 0. The summed E-state index contributed by atoms with van der Waals surface area (Å²) in [5.41, 5.74) is 0.814. The van der Waals surface area contributed by atoms with Gasteiger partial charge >= 0.3 is 0 Å². The Morgan fingerprint density at radius 3 is 2.50 bits per heavy atom. The van der Waals surface area contributed by atoms with Crippen LogP contribution in [-0.2, 0) is 9.59 Å². The van der Waals surface area contributed by atoms with Crippen LogP contribution in [0.5, 0.6) is 0 Å². The fraction of sp³-hybridized carbons (Fsp3) is 0.800. The molecule has 4 nitrogen and oxygen atoms in total. The number of carbonyl (C=O) groups is 2. The van der Waals surface area contributed by atoms with Crippen molar-refractivity contribution in [3.63, 3.8) is 0 Å². The fourth-order valence-corrected chi connectivity index (χ4v) is 6.98. The Labute approximate surface area is 143 Å². The molecule has 3 fully saturated rings. The lowest BCUT2D eigenvalue weighted by molar-refractivity contribution is -0.153. The number of aliphatic hydroxyl groups is 2. The molecule has 0 aromatic heterocycles. The predicted molar refractivity (Wildman–Crippen MR) is 89.1 cm³/mol. The summed E-state index contributed by atoms with van der Waals surface area (Å²) in [4.78, 5) is 24.6. The molecular formula is C20H28O4. The maximum Gasteiger partial charge on any atom is 0.158 e. The minimum atomic E-state index is -0.620. The largest absolute Gasteiger partial charge is 0.393 e. The summed E-state index contributed by atoms with van der Waals surface area (Å²) in [5, 5.41) is 21.9. The van der Waals surface area contributed by atoms with E-state index in [-0.39, 0.29) is 34.7 Å². The molecule has 0 radical (unpaired) electrons. The van der Waals surface area contributed by atoms with Crippen molar-refractivity contribution in [1.29, 1.82) is 0 Å². The summed E-state index contributed by atoms with van der Waals surface area (Å²) in [7, 11) is 0. The second kappa shape index (κ2) is 5.01. The van der Waals surface area contributed by atoms with Crippen LogP contribution in [-0.4, -0.2) is 34.0 Å². The van der Waals surface area contributed by atoms with Crippen molar-refractivity contribution < 1.29 is 19.8 Å². The zero-order valence-corrected chi connectivity index (χ0v) is 14.8. The first-order chi connectivity index (χ1) is 11.2. The van der Waals surface area contributed by atoms with Gasteiger partial charge in [0.25, 0.3) is 0 Å². The first-order valence-electron chi connectivity index (χ1n) is 9.34. The van der Waals surface area contributed by atoms with Gasteiger partial charge in [0.15, 0.2) is 5.78 Å². The third-order valence-electron chi connectivity index (χ3n) is 8.04. The highest BCUT2D eigenvalue weighted by atomic mass is 16.3. The van der Waals surface area contributed by atoms with Crippen LogP contribution in [0.25, 0.3) is 0 Å². The Balaban J connectivity index is 1.82. The zero-order chi connectivity index (χ0) is 17.4. The van der Waals surface area contributed by atoms with E-state index < -0.39 is 17.6 Å². The Morgan fingerprint density at radius 2 is 1.79 bits per heavy atom. The average molecular weight is 332 g/mol. The van der Waals surface area contributed by atoms with E-state index in [1.54, 1.807) is 0 Å². The molecule has 0 unspecified atom stereocenters. The minimum Gasteiger partial charge on any atom is -0.393 e. The third kappa shape index (κ3) is 1.87. The highest BCUT2D eigenvalue weighted by Gasteiger charge is 2.63. The van der Waals surface area contributed by atoms with Crippen LogP contribution in [0.2, 0.25) is 0 Å². The van der Waals surface area contributed by atoms with Gasteiger partial charge in [0, 0.05) is 18.3 Å². The highest BCUT2D eigenvalue weighted by molar-refractivity contribution is 5.97. The second-order valence-corrected chi connectivity index (χ2v) is 9.08. The Hall–Kier alpha value is -1.00. The van der Waals surface area contributed by atoms with Crippen LogP contribution in [0.1, 0.15) is 59.3 Å². The van der Waals surface area contributed by atoms with Crippen molar-refractivity contribution >= 4 is 11.6 Å². The average Bonchev–Trinajstić information content (AvgIpc) is 2.78. The molecule has 0 aliphatic heterocycles. The van der Waals surface area contributed by atoms with E-state index >= 15 is 0 Å². The van der Waals surface area contributed by atoms with E-state index in [2.05, 4.69) is 6.92 Å². The summed E-state index contributed by atoms with van der Waals surface area (Å²) in [6.07, 6.45) is 2.62. The first kappa shape index (κ1) is 16.5. The van der Waals surface area contributed by atoms with E-state index in [9.17, 15) is 19.8 Å². The lowest BCUT2D eigenvalue weighted by Crippen LogP contribution is -2.59. The van der Waals surface area contributed by atoms with Crippen molar-refractivity contribution in [3.8, 4) is 0 Å². The fourth-order valence-electron chi connectivity index (χ4n) is 6.98. The normalized spacial score (nSPS) is 51.3. The standard InChI is InChI=1S/C20H28O4/c1-10-13(21)6-7-19(2)17(10)14(22)8-11-12-4-5-16(24)20(12,3)9-15(23)18(11)19/h11-12,14-15,18,22-23H,4-9H2,1-3H3/t11-,12-,14+,15+,18+,19-,20-/m0/s1. The predicted octanol–water partition coefficient (Wildman–Crippen LogP) is 2.42. The third-order valence-corrected chi connectivity index (χ3v) is 8.04. The SMILES string of the molecule is CC1=C2[C@H](O)C[C@@H]3[C@H]([C@H](O)C[C@]4(C)C(=O)CC[C@@H]34)[C@@]2(C)CCC1=O. The molecule has 4 rings (SSSR count). The summed E-state index contributed by atoms with van der Waals surface area (Å²) in [6, 6.07) is 0. The van der Waals surface area contributed by atoms with Crippen LogP contribution in [0.3, 0.4) is 0 Å². The number of Topliss-reactive ketones (excluding diaryl/α,β-unsaturated/α-hetero) is 2. The van der Waals surface area contributed by atoms with E-state index in [0.717, 1.165) is 12.0 Å². The molecule has 2 N–H and O–H groups in total. The lowest BCUT2D eigenvalue weighted by Gasteiger charge is -2.60. The van der Waals surface area contributed by atoms with Crippen molar-refractivity contribution in [2.45, 2.75) is 71.5 Å². The maximum atomic E-state index is 12.5. The van der Waals surface area contributed by atoms with Crippen LogP contribution >= 0.6 is 0 Å². The van der Waals surface area contributed by atoms with Gasteiger partial charge < -0.3 is 10.2 Å². The lowest BCUT2D eigenvalue weighted by atomic mass is 9.45. The molecule has 4 aliphatic carbocycles. The quantitative estimate of drug-likeness (QED) is 0.714. The van der Waals surface area contributed by atoms with Gasteiger partial charge in [-0.25, -0.2) is 0 Å². The zero-order valence-electron chi connectivity index (χ0n) is 14.8. The highest BCUT2D eigenvalue weighted by Crippen LogP contribution is 2.64. The molecule has 0 bridgehead atoms. The molecule has 4 aliphatic rings. The molecule has 3 saturated carbocycles. The van der Waals surface area contributed by atoms with Gasteiger partial charge in [-0.1, -0.05) is 13.8 Å². The molecule has 7 atom stereocenters. The Bertz CT molecular complexity index is 650. The monoisotopic (exact) mass is 332 g/mol. The van der Waals surface area contributed by atoms with E-state index in [0.29, 0.717) is 37.7 Å². The smallest absolute Gasteiger partial charge is 0.158 e. The van der Waals surface area contributed by atoms with Gasteiger partial charge in [0.05, 0.1) is 12.2 Å². The number of hydrogen-bond donors (Lipinski definition) is 2. The number of aliphatic hydroxyl groups excluding tert-OH is 2. The topological polar surface area (TPSA) is 74.6 Å². The van der Waals surface area contributed by atoms with Crippen LogP contribution in [0.4, 0.5) is 0 Å². The van der Waals surface area contributed by atoms with Gasteiger partial charge in [0.2, 0.25) is 0 Å².